The van der Waals surface area contributed by atoms with Crippen LogP contribution in [0.2, 0.25) is 0 Å². The van der Waals surface area contributed by atoms with Gasteiger partial charge in [0.25, 0.3) is 0 Å². The molecular weight excluding hydrogens is 146 g/mol. The number of piperidine rings is 1. The third-order valence-corrected chi connectivity index (χ3v) is 4.09. The highest BCUT2D eigenvalue weighted by Gasteiger charge is 2.44. The lowest BCUT2D eigenvalue weighted by Gasteiger charge is -2.34. The van der Waals surface area contributed by atoms with Crippen molar-refractivity contribution in [1.29, 1.82) is 0 Å². The van der Waals surface area contributed by atoms with Gasteiger partial charge < -0.3 is 0 Å². The van der Waals surface area contributed by atoms with Gasteiger partial charge in [-0.2, -0.15) is 0 Å². The van der Waals surface area contributed by atoms with Crippen molar-refractivity contribution in [2.75, 3.05) is 13.1 Å². The highest BCUT2D eigenvalue weighted by atomic mass is 15.2. The van der Waals surface area contributed by atoms with Crippen molar-refractivity contribution in [1.82, 2.24) is 4.90 Å². The predicted octanol–water partition coefficient (Wildman–Crippen LogP) is 2.27. The maximum Gasteiger partial charge on any atom is 0.0127 e. The molecule has 0 spiro atoms. The fourth-order valence-corrected chi connectivity index (χ4v) is 2.95. The molecule has 0 radical (unpaired) electrons. The molecule has 1 aliphatic heterocycles. The summed E-state index contributed by atoms with van der Waals surface area (Å²) in [6.45, 7) is 2.86. The third-order valence-electron chi connectivity index (χ3n) is 4.09. The molecular formula is C11H19N. The van der Waals surface area contributed by atoms with Crippen LogP contribution in [0.25, 0.3) is 0 Å². The molecule has 1 nitrogen and oxygen atoms in total. The van der Waals surface area contributed by atoms with E-state index in [2.05, 4.69) is 4.90 Å². The number of nitrogens with zero attached hydrogens (tertiary/aromatic N) is 1. The van der Waals surface area contributed by atoms with Gasteiger partial charge in [-0.3, -0.25) is 4.90 Å². The Hall–Kier alpha value is -0.0400. The lowest BCUT2D eigenvalue weighted by molar-refractivity contribution is 0.146. The van der Waals surface area contributed by atoms with Crippen LogP contribution in [-0.4, -0.2) is 24.0 Å². The molecule has 0 aromatic rings. The second kappa shape index (κ2) is 2.73. The van der Waals surface area contributed by atoms with Crippen LogP contribution >= 0.6 is 0 Å². The SMILES string of the molecule is C1CC(CN2CCCC3CC32)C1. The second-order valence-corrected chi connectivity index (χ2v) is 5.00. The largest absolute Gasteiger partial charge is 0.300 e. The average molecular weight is 165 g/mol. The first-order chi connectivity index (χ1) is 5.93. The minimum Gasteiger partial charge on any atom is -0.300 e. The van der Waals surface area contributed by atoms with Crippen LogP contribution in [0, 0.1) is 11.8 Å². The number of rotatable bonds is 2. The van der Waals surface area contributed by atoms with Gasteiger partial charge in [-0.25, -0.2) is 0 Å². The van der Waals surface area contributed by atoms with Crippen LogP contribution in [0.15, 0.2) is 0 Å². The topological polar surface area (TPSA) is 3.24 Å². The summed E-state index contributed by atoms with van der Waals surface area (Å²) in [6.07, 6.45) is 9.10. The van der Waals surface area contributed by atoms with Crippen LogP contribution in [0.3, 0.4) is 0 Å². The van der Waals surface area contributed by atoms with E-state index in [0.29, 0.717) is 0 Å². The fourth-order valence-electron chi connectivity index (χ4n) is 2.95. The Kier molecular flexibility index (Phi) is 1.68. The Morgan fingerprint density at radius 1 is 1.08 bits per heavy atom. The maximum atomic E-state index is 2.79. The standard InChI is InChI=1S/C11H19N/c1-3-9(4-1)8-12-6-2-5-10-7-11(10)12/h9-11H,1-8H2. The normalized spacial score (nSPS) is 42.0. The molecule has 1 saturated heterocycles. The zero-order valence-corrected chi connectivity index (χ0v) is 7.84. The summed E-state index contributed by atoms with van der Waals surface area (Å²) in [7, 11) is 0. The van der Waals surface area contributed by atoms with E-state index in [4.69, 9.17) is 0 Å². The van der Waals surface area contributed by atoms with E-state index >= 15 is 0 Å². The van der Waals surface area contributed by atoms with Gasteiger partial charge in [0, 0.05) is 12.6 Å². The Bertz CT molecular complexity index is 174. The van der Waals surface area contributed by atoms with Gasteiger partial charge in [0.2, 0.25) is 0 Å². The zero-order chi connectivity index (χ0) is 7.97. The van der Waals surface area contributed by atoms with E-state index in [9.17, 15) is 0 Å². The van der Waals surface area contributed by atoms with Crippen molar-refractivity contribution in [2.45, 2.75) is 44.6 Å². The first kappa shape index (κ1) is 7.37. The van der Waals surface area contributed by atoms with Gasteiger partial charge in [-0.05, 0) is 50.5 Å². The van der Waals surface area contributed by atoms with Gasteiger partial charge >= 0.3 is 0 Å². The highest BCUT2D eigenvalue weighted by Crippen LogP contribution is 2.44. The van der Waals surface area contributed by atoms with Crippen molar-refractivity contribution in [3.8, 4) is 0 Å². The fraction of sp³-hybridized carbons (Fsp3) is 1.00. The van der Waals surface area contributed by atoms with Gasteiger partial charge in [-0.1, -0.05) is 6.42 Å². The summed E-state index contributed by atoms with van der Waals surface area (Å²) in [5.41, 5.74) is 0. The Morgan fingerprint density at radius 3 is 2.75 bits per heavy atom. The molecule has 2 atom stereocenters. The Balaban J connectivity index is 1.54. The van der Waals surface area contributed by atoms with Crippen molar-refractivity contribution in [3.63, 3.8) is 0 Å². The molecule has 1 heterocycles. The number of likely N-dealkylation sites (tertiary alicyclic amines) is 1. The molecule has 12 heavy (non-hydrogen) atoms. The van der Waals surface area contributed by atoms with Crippen molar-refractivity contribution in [3.05, 3.63) is 0 Å². The van der Waals surface area contributed by atoms with E-state index in [0.717, 1.165) is 17.9 Å². The maximum absolute atomic E-state index is 2.79. The monoisotopic (exact) mass is 165 g/mol. The average Bonchev–Trinajstić information content (AvgIpc) is 2.75. The highest BCUT2D eigenvalue weighted by molar-refractivity contribution is 4.98. The second-order valence-electron chi connectivity index (χ2n) is 5.00. The summed E-state index contributed by atoms with van der Waals surface area (Å²) >= 11 is 0. The molecule has 0 N–H and O–H groups in total. The van der Waals surface area contributed by atoms with Gasteiger partial charge in [0.05, 0.1) is 0 Å². The van der Waals surface area contributed by atoms with E-state index < -0.39 is 0 Å². The molecule has 3 rings (SSSR count). The molecule has 3 fully saturated rings. The number of hydrogen-bond donors (Lipinski definition) is 0. The quantitative estimate of drug-likeness (QED) is 0.606. The Labute approximate surface area is 75.1 Å². The molecule has 2 saturated carbocycles. The van der Waals surface area contributed by atoms with E-state index in [1.165, 1.54) is 51.6 Å². The van der Waals surface area contributed by atoms with E-state index in [1.807, 2.05) is 0 Å². The van der Waals surface area contributed by atoms with E-state index in [-0.39, 0.29) is 0 Å². The lowest BCUT2D eigenvalue weighted by atomic mass is 9.85. The minimum absolute atomic E-state index is 1.04. The first-order valence-corrected chi connectivity index (χ1v) is 5.67. The van der Waals surface area contributed by atoms with Crippen molar-refractivity contribution >= 4 is 0 Å². The summed E-state index contributed by atoms with van der Waals surface area (Å²) in [5, 5.41) is 0. The first-order valence-electron chi connectivity index (χ1n) is 5.67. The predicted molar refractivity (Wildman–Crippen MR) is 50.0 cm³/mol. The Morgan fingerprint density at radius 2 is 2.00 bits per heavy atom. The minimum atomic E-state index is 1.04. The summed E-state index contributed by atoms with van der Waals surface area (Å²) in [6, 6.07) is 1.04. The molecule has 68 valence electrons. The van der Waals surface area contributed by atoms with Crippen LogP contribution < -0.4 is 0 Å². The molecule has 2 aliphatic carbocycles. The van der Waals surface area contributed by atoms with Crippen LogP contribution in [0.1, 0.15) is 38.5 Å². The van der Waals surface area contributed by atoms with Crippen LogP contribution in [0.5, 0.6) is 0 Å². The van der Waals surface area contributed by atoms with Crippen molar-refractivity contribution < 1.29 is 0 Å². The van der Waals surface area contributed by atoms with Gasteiger partial charge in [0.15, 0.2) is 0 Å². The molecule has 3 aliphatic rings. The smallest absolute Gasteiger partial charge is 0.0127 e. The van der Waals surface area contributed by atoms with Crippen molar-refractivity contribution in [2.24, 2.45) is 11.8 Å². The molecule has 0 bridgehead atoms. The summed E-state index contributed by atoms with van der Waals surface area (Å²) < 4.78 is 0. The summed E-state index contributed by atoms with van der Waals surface area (Å²) in [4.78, 5) is 2.79. The van der Waals surface area contributed by atoms with Crippen LogP contribution in [0.4, 0.5) is 0 Å². The zero-order valence-electron chi connectivity index (χ0n) is 7.84. The summed E-state index contributed by atoms with van der Waals surface area (Å²) in [5.74, 6) is 2.21. The molecule has 1 heteroatoms. The number of hydrogen-bond acceptors (Lipinski definition) is 1. The molecule has 0 amide bonds. The third kappa shape index (κ3) is 1.19. The molecule has 0 aromatic heterocycles. The molecule has 2 unspecified atom stereocenters. The molecule has 0 aromatic carbocycles. The van der Waals surface area contributed by atoms with Crippen LogP contribution in [-0.2, 0) is 0 Å². The van der Waals surface area contributed by atoms with E-state index in [1.54, 1.807) is 0 Å². The number of fused-ring (bicyclic) bond motifs is 1. The van der Waals surface area contributed by atoms with Gasteiger partial charge in [0.1, 0.15) is 0 Å². The lowest BCUT2D eigenvalue weighted by Crippen LogP contribution is -2.37. The van der Waals surface area contributed by atoms with Gasteiger partial charge in [-0.15, -0.1) is 0 Å².